The van der Waals surface area contributed by atoms with Crippen LogP contribution in [0.25, 0.3) is 0 Å². The van der Waals surface area contributed by atoms with Crippen molar-refractivity contribution < 1.29 is 14.0 Å². The lowest BCUT2D eigenvalue weighted by Crippen LogP contribution is -2.48. The molecule has 30 heavy (non-hydrogen) atoms. The summed E-state index contributed by atoms with van der Waals surface area (Å²) in [6.07, 6.45) is 2.92. The number of rotatable bonds is 7. The Bertz CT molecular complexity index is 919. The Balaban J connectivity index is 1.39. The number of carbonyl (C=O) groups is 2. The SMILES string of the molecule is CCc1cc(N2CCN(C(C)=O)CC2)nc(SCc2ccc(C(=O)NC3CC3)o2)n1. The van der Waals surface area contributed by atoms with Crippen LogP contribution in [-0.4, -0.2) is 58.9 Å². The number of furan rings is 1. The van der Waals surface area contributed by atoms with Gasteiger partial charge in [-0.15, -0.1) is 0 Å². The van der Waals surface area contributed by atoms with E-state index in [1.807, 2.05) is 17.0 Å². The van der Waals surface area contributed by atoms with Crippen LogP contribution in [0.2, 0.25) is 0 Å². The molecule has 9 heteroatoms. The highest BCUT2D eigenvalue weighted by Gasteiger charge is 2.25. The summed E-state index contributed by atoms with van der Waals surface area (Å²) >= 11 is 1.50. The van der Waals surface area contributed by atoms with Crippen molar-refractivity contribution in [2.45, 2.75) is 50.1 Å². The van der Waals surface area contributed by atoms with Crippen LogP contribution in [0.15, 0.2) is 27.8 Å². The molecule has 0 spiro atoms. The van der Waals surface area contributed by atoms with Gasteiger partial charge in [-0.05, 0) is 31.4 Å². The van der Waals surface area contributed by atoms with E-state index in [0.29, 0.717) is 35.8 Å². The zero-order valence-corrected chi connectivity index (χ0v) is 18.2. The third kappa shape index (κ3) is 5.13. The molecule has 1 aliphatic carbocycles. The van der Waals surface area contributed by atoms with Gasteiger partial charge < -0.3 is 19.5 Å². The molecule has 3 heterocycles. The van der Waals surface area contributed by atoms with E-state index >= 15 is 0 Å². The van der Waals surface area contributed by atoms with Gasteiger partial charge in [0.15, 0.2) is 10.9 Å². The summed E-state index contributed by atoms with van der Waals surface area (Å²) in [5.74, 6) is 2.50. The van der Waals surface area contributed by atoms with Gasteiger partial charge in [-0.3, -0.25) is 9.59 Å². The fourth-order valence-electron chi connectivity index (χ4n) is 3.31. The monoisotopic (exact) mass is 429 g/mol. The summed E-state index contributed by atoms with van der Waals surface area (Å²) in [5, 5.41) is 3.63. The predicted molar refractivity (Wildman–Crippen MR) is 115 cm³/mol. The minimum absolute atomic E-state index is 0.117. The maximum absolute atomic E-state index is 12.1. The highest BCUT2D eigenvalue weighted by molar-refractivity contribution is 7.98. The number of anilines is 1. The highest BCUT2D eigenvalue weighted by Crippen LogP contribution is 2.25. The zero-order chi connectivity index (χ0) is 21.1. The molecule has 4 rings (SSSR count). The summed E-state index contributed by atoms with van der Waals surface area (Å²) in [6, 6.07) is 5.89. The van der Waals surface area contributed by atoms with Crippen LogP contribution in [0.3, 0.4) is 0 Å². The molecule has 0 radical (unpaired) electrons. The molecule has 2 amide bonds. The van der Waals surface area contributed by atoms with Gasteiger partial charge in [0.25, 0.3) is 5.91 Å². The summed E-state index contributed by atoms with van der Waals surface area (Å²) in [4.78, 5) is 37.1. The first-order valence-electron chi connectivity index (χ1n) is 10.4. The number of piperazine rings is 1. The molecule has 8 nitrogen and oxygen atoms in total. The Labute approximate surface area is 180 Å². The van der Waals surface area contributed by atoms with Crippen LogP contribution in [0.4, 0.5) is 5.82 Å². The van der Waals surface area contributed by atoms with Crippen molar-refractivity contribution in [3.63, 3.8) is 0 Å². The van der Waals surface area contributed by atoms with Crippen molar-refractivity contribution in [2.75, 3.05) is 31.1 Å². The maximum Gasteiger partial charge on any atom is 0.287 e. The molecule has 1 N–H and O–H groups in total. The molecule has 0 atom stereocenters. The number of aromatic nitrogens is 2. The topological polar surface area (TPSA) is 91.6 Å². The normalized spacial score (nSPS) is 16.6. The molecule has 1 aliphatic heterocycles. The first kappa shape index (κ1) is 20.7. The third-order valence-electron chi connectivity index (χ3n) is 5.30. The number of hydrogen-bond acceptors (Lipinski definition) is 7. The van der Waals surface area contributed by atoms with Crippen molar-refractivity contribution >= 4 is 29.4 Å². The van der Waals surface area contributed by atoms with Gasteiger partial charge in [-0.1, -0.05) is 18.7 Å². The molecule has 2 aliphatic rings. The number of carbonyl (C=O) groups excluding carboxylic acids is 2. The number of amides is 2. The Hall–Kier alpha value is -2.55. The summed E-state index contributed by atoms with van der Waals surface area (Å²) < 4.78 is 5.70. The van der Waals surface area contributed by atoms with E-state index in [1.165, 1.54) is 11.8 Å². The number of thioether (sulfide) groups is 1. The van der Waals surface area contributed by atoms with E-state index in [0.717, 1.165) is 49.6 Å². The largest absolute Gasteiger partial charge is 0.455 e. The number of nitrogens with zero attached hydrogens (tertiary/aromatic N) is 4. The zero-order valence-electron chi connectivity index (χ0n) is 17.4. The Morgan fingerprint density at radius 3 is 2.63 bits per heavy atom. The average Bonchev–Trinajstić information content (AvgIpc) is 3.44. The van der Waals surface area contributed by atoms with E-state index < -0.39 is 0 Å². The van der Waals surface area contributed by atoms with E-state index in [4.69, 9.17) is 9.40 Å². The van der Waals surface area contributed by atoms with Gasteiger partial charge in [0.2, 0.25) is 5.91 Å². The summed E-state index contributed by atoms with van der Waals surface area (Å²) in [7, 11) is 0. The van der Waals surface area contributed by atoms with Crippen LogP contribution in [-0.2, 0) is 17.0 Å². The fraction of sp³-hybridized carbons (Fsp3) is 0.524. The molecule has 2 aromatic rings. The lowest BCUT2D eigenvalue weighted by atomic mass is 10.2. The lowest BCUT2D eigenvalue weighted by molar-refractivity contribution is -0.129. The van der Waals surface area contributed by atoms with Gasteiger partial charge in [-0.2, -0.15) is 0 Å². The van der Waals surface area contributed by atoms with Gasteiger partial charge in [0, 0.05) is 50.9 Å². The Morgan fingerprint density at radius 1 is 1.20 bits per heavy atom. The highest BCUT2D eigenvalue weighted by atomic mass is 32.2. The molecule has 1 saturated carbocycles. The molecule has 2 fully saturated rings. The molecule has 2 aromatic heterocycles. The minimum atomic E-state index is -0.148. The minimum Gasteiger partial charge on any atom is -0.455 e. The Kier molecular flexibility index (Phi) is 6.26. The standard InChI is InChI=1S/C21H27N5O3S/c1-3-15-12-19(26-10-8-25(9-11-26)14(2)27)24-21(23-15)30-13-17-6-7-18(29-17)20(28)22-16-4-5-16/h6-7,12,16H,3-5,8-11,13H2,1-2H3,(H,22,28). The predicted octanol–water partition coefficient (Wildman–Crippen LogP) is 2.49. The molecular formula is C21H27N5O3S. The molecule has 0 unspecified atom stereocenters. The number of hydrogen-bond donors (Lipinski definition) is 1. The van der Waals surface area contributed by atoms with Crippen LogP contribution in [0, 0.1) is 0 Å². The van der Waals surface area contributed by atoms with Gasteiger partial charge in [-0.25, -0.2) is 9.97 Å². The second kappa shape index (κ2) is 9.07. The van der Waals surface area contributed by atoms with Gasteiger partial charge in [0.1, 0.15) is 11.6 Å². The van der Waals surface area contributed by atoms with E-state index in [9.17, 15) is 9.59 Å². The number of nitrogens with one attached hydrogen (secondary N) is 1. The summed E-state index contributed by atoms with van der Waals surface area (Å²) in [6.45, 7) is 6.64. The quantitative estimate of drug-likeness (QED) is 0.534. The average molecular weight is 430 g/mol. The van der Waals surface area contributed by atoms with Crippen molar-refractivity contribution in [1.82, 2.24) is 20.2 Å². The summed E-state index contributed by atoms with van der Waals surface area (Å²) in [5.41, 5.74) is 0.987. The second-order valence-corrected chi connectivity index (χ2v) is 8.59. The van der Waals surface area contributed by atoms with Crippen molar-refractivity contribution in [1.29, 1.82) is 0 Å². The molecular weight excluding hydrogens is 402 g/mol. The third-order valence-corrected chi connectivity index (χ3v) is 6.17. The van der Waals surface area contributed by atoms with E-state index in [2.05, 4.69) is 22.1 Å². The van der Waals surface area contributed by atoms with Gasteiger partial charge in [0.05, 0.1) is 5.75 Å². The van der Waals surface area contributed by atoms with Crippen LogP contribution < -0.4 is 10.2 Å². The van der Waals surface area contributed by atoms with Crippen molar-refractivity contribution in [3.05, 3.63) is 35.4 Å². The lowest BCUT2D eigenvalue weighted by Gasteiger charge is -2.35. The van der Waals surface area contributed by atoms with E-state index in [1.54, 1.807) is 13.0 Å². The Morgan fingerprint density at radius 2 is 1.97 bits per heavy atom. The van der Waals surface area contributed by atoms with E-state index in [-0.39, 0.29) is 11.8 Å². The number of aryl methyl sites for hydroxylation is 1. The maximum atomic E-state index is 12.1. The second-order valence-electron chi connectivity index (χ2n) is 7.65. The molecule has 160 valence electrons. The van der Waals surface area contributed by atoms with Crippen molar-refractivity contribution in [2.24, 2.45) is 0 Å². The fourth-order valence-corrected chi connectivity index (χ4v) is 4.08. The smallest absolute Gasteiger partial charge is 0.287 e. The molecule has 0 bridgehead atoms. The molecule has 0 aromatic carbocycles. The van der Waals surface area contributed by atoms with Crippen molar-refractivity contribution in [3.8, 4) is 0 Å². The van der Waals surface area contributed by atoms with Gasteiger partial charge >= 0.3 is 0 Å². The first-order valence-corrected chi connectivity index (χ1v) is 11.4. The molecule has 1 saturated heterocycles. The first-order chi connectivity index (χ1) is 14.5. The van der Waals surface area contributed by atoms with Crippen LogP contribution in [0.1, 0.15) is 48.7 Å². The van der Waals surface area contributed by atoms with Crippen LogP contribution >= 0.6 is 11.8 Å². The van der Waals surface area contributed by atoms with Crippen LogP contribution in [0.5, 0.6) is 0 Å².